The maximum atomic E-state index is 12.9. The largest absolute Gasteiger partial charge is 0.494 e. The fraction of sp³-hybridized carbons (Fsp3) is 0.308. The summed E-state index contributed by atoms with van der Waals surface area (Å²) in [5.74, 6) is 0.672. The lowest BCUT2D eigenvalue weighted by Gasteiger charge is -2.36. The minimum Gasteiger partial charge on any atom is -0.494 e. The summed E-state index contributed by atoms with van der Waals surface area (Å²) in [6.45, 7) is 6.44. The van der Waals surface area contributed by atoms with Gasteiger partial charge in [-0.1, -0.05) is 0 Å². The second-order valence-corrected chi connectivity index (χ2v) is 8.14. The van der Waals surface area contributed by atoms with Crippen molar-refractivity contribution in [2.45, 2.75) is 20.4 Å². The first-order valence-electron chi connectivity index (χ1n) is 11.4. The van der Waals surface area contributed by atoms with E-state index in [1.165, 1.54) is 10.7 Å². The second-order valence-electron chi connectivity index (χ2n) is 8.14. The average Bonchev–Trinajstić information content (AvgIpc) is 2.86. The molecule has 1 saturated heterocycles. The van der Waals surface area contributed by atoms with Crippen LogP contribution in [0.4, 0.5) is 5.69 Å². The molecule has 0 bridgehead atoms. The van der Waals surface area contributed by atoms with Crippen molar-refractivity contribution in [3.63, 3.8) is 0 Å². The number of carbonyl (C=O) groups excluding carboxylic acids is 2. The summed E-state index contributed by atoms with van der Waals surface area (Å²) in [6, 6.07) is 18.1. The van der Waals surface area contributed by atoms with Gasteiger partial charge in [-0.05, 0) is 68.4 Å². The zero-order chi connectivity index (χ0) is 24.1. The van der Waals surface area contributed by atoms with Crippen LogP contribution in [0.3, 0.4) is 0 Å². The molecule has 2 heterocycles. The first-order valence-corrected chi connectivity index (χ1v) is 11.4. The number of nitrogens with zero attached hydrogens (tertiary/aromatic N) is 4. The molecule has 3 aromatic rings. The van der Waals surface area contributed by atoms with Gasteiger partial charge in [-0.2, -0.15) is 5.10 Å². The molecule has 0 aliphatic carbocycles. The van der Waals surface area contributed by atoms with Crippen molar-refractivity contribution in [1.82, 2.24) is 14.7 Å². The second kappa shape index (κ2) is 10.3. The number of ketones is 1. The number of benzene rings is 2. The molecule has 1 amide bonds. The zero-order valence-electron chi connectivity index (χ0n) is 19.4. The summed E-state index contributed by atoms with van der Waals surface area (Å²) in [5.41, 5.74) is 2.86. The van der Waals surface area contributed by atoms with E-state index in [4.69, 9.17) is 4.74 Å². The van der Waals surface area contributed by atoms with Gasteiger partial charge in [-0.3, -0.25) is 14.4 Å². The predicted octanol–water partition coefficient (Wildman–Crippen LogP) is 2.86. The summed E-state index contributed by atoms with van der Waals surface area (Å²) in [4.78, 5) is 40.7. The number of aromatic nitrogens is 2. The van der Waals surface area contributed by atoms with Crippen molar-refractivity contribution in [3.05, 3.63) is 76.6 Å². The third-order valence-electron chi connectivity index (χ3n) is 5.88. The van der Waals surface area contributed by atoms with E-state index in [-0.39, 0.29) is 23.8 Å². The number of ether oxygens (including phenoxy) is 1. The standard InChI is InChI=1S/C26H28N4O4/c1-3-34-23-10-6-21(7-11-23)24-12-13-25(32)30(27-24)18-26(33)29-16-14-28(15-17-29)22-8-4-20(5-9-22)19(2)31/h4-13H,3,14-18H2,1-2H3. The van der Waals surface area contributed by atoms with Crippen molar-refractivity contribution in [2.75, 3.05) is 37.7 Å². The monoisotopic (exact) mass is 460 g/mol. The minimum absolute atomic E-state index is 0.0393. The van der Waals surface area contributed by atoms with Gasteiger partial charge < -0.3 is 14.5 Å². The van der Waals surface area contributed by atoms with E-state index in [1.807, 2.05) is 55.5 Å². The molecule has 0 radical (unpaired) electrons. The van der Waals surface area contributed by atoms with Crippen LogP contribution in [0.25, 0.3) is 11.3 Å². The zero-order valence-corrected chi connectivity index (χ0v) is 19.4. The molecule has 0 unspecified atom stereocenters. The highest BCUT2D eigenvalue weighted by molar-refractivity contribution is 5.94. The van der Waals surface area contributed by atoms with Crippen LogP contribution < -0.4 is 15.2 Å². The molecule has 0 saturated carbocycles. The van der Waals surface area contributed by atoms with Crippen molar-refractivity contribution in [2.24, 2.45) is 0 Å². The summed E-state index contributed by atoms with van der Waals surface area (Å²) < 4.78 is 6.69. The molecular formula is C26H28N4O4. The number of piperazine rings is 1. The van der Waals surface area contributed by atoms with Crippen molar-refractivity contribution in [1.29, 1.82) is 0 Å². The molecule has 4 rings (SSSR count). The van der Waals surface area contributed by atoms with E-state index in [0.717, 1.165) is 17.0 Å². The Morgan fingerprint density at radius 3 is 2.21 bits per heavy atom. The van der Waals surface area contributed by atoms with E-state index in [2.05, 4.69) is 10.00 Å². The number of anilines is 1. The molecule has 2 aromatic carbocycles. The molecule has 1 aliphatic rings. The third kappa shape index (κ3) is 5.33. The third-order valence-corrected chi connectivity index (χ3v) is 5.88. The Balaban J connectivity index is 1.38. The predicted molar refractivity (Wildman–Crippen MR) is 130 cm³/mol. The smallest absolute Gasteiger partial charge is 0.267 e. The van der Waals surface area contributed by atoms with Gasteiger partial charge in [-0.25, -0.2) is 4.68 Å². The quantitative estimate of drug-likeness (QED) is 0.504. The number of rotatable bonds is 7. The Hall–Kier alpha value is -3.94. The van der Waals surface area contributed by atoms with Crippen LogP contribution in [-0.2, 0) is 11.3 Å². The van der Waals surface area contributed by atoms with Crippen molar-refractivity contribution in [3.8, 4) is 17.0 Å². The van der Waals surface area contributed by atoms with E-state index in [1.54, 1.807) is 17.9 Å². The van der Waals surface area contributed by atoms with Gasteiger partial charge in [0, 0.05) is 49.1 Å². The summed E-state index contributed by atoms with van der Waals surface area (Å²) in [6.07, 6.45) is 0. The molecule has 1 fully saturated rings. The van der Waals surface area contributed by atoms with Crippen LogP contribution in [0.5, 0.6) is 5.75 Å². The highest BCUT2D eigenvalue weighted by Crippen LogP contribution is 2.20. The van der Waals surface area contributed by atoms with Crippen LogP contribution in [0.2, 0.25) is 0 Å². The van der Waals surface area contributed by atoms with Crippen LogP contribution in [-0.4, -0.2) is 59.2 Å². The van der Waals surface area contributed by atoms with E-state index < -0.39 is 0 Å². The minimum atomic E-state index is -0.313. The van der Waals surface area contributed by atoms with Gasteiger partial charge in [-0.15, -0.1) is 0 Å². The lowest BCUT2D eigenvalue weighted by Crippen LogP contribution is -2.50. The van der Waals surface area contributed by atoms with Gasteiger partial charge in [0.1, 0.15) is 12.3 Å². The fourth-order valence-corrected chi connectivity index (χ4v) is 3.95. The Labute approximate surface area is 198 Å². The Kier molecular flexibility index (Phi) is 7.06. The van der Waals surface area contributed by atoms with Gasteiger partial charge in [0.15, 0.2) is 5.78 Å². The van der Waals surface area contributed by atoms with E-state index in [9.17, 15) is 14.4 Å². The number of carbonyl (C=O) groups is 2. The van der Waals surface area contributed by atoms with Crippen LogP contribution >= 0.6 is 0 Å². The number of Topliss-reactive ketones (excluding diaryl/α,β-unsaturated/α-hetero) is 1. The Morgan fingerprint density at radius 1 is 0.912 bits per heavy atom. The van der Waals surface area contributed by atoms with Gasteiger partial charge in [0.05, 0.1) is 12.3 Å². The molecule has 0 N–H and O–H groups in total. The number of amides is 1. The molecule has 34 heavy (non-hydrogen) atoms. The van der Waals surface area contributed by atoms with Crippen molar-refractivity contribution < 1.29 is 14.3 Å². The number of hydrogen-bond donors (Lipinski definition) is 0. The average molecular weight is 461 g/mol. The molecule has 8 nitrogen and oxygen atoms in total. The molecule has 1 aromatic heterocycles. The first kappa shape index (κ1) is 23.2. The SMILES string of the molecule is CCOc1ccc(-c2ccc(=O)n(CC(=O)N3CCN(c4ccc(C(C)=O)cc4)CC3)n2)cc1. The molecule has 8 heteroatoms. The highest BCUT2D eigenvalue weighted by Gasteiger charge is 2.22. The maximum Gasteiger partial charge on any atom is 0.267 e. The molecule has 176 valence electrons. The van der Waals surface area contributed by atoms with Gasteiger partial charge in [0.2, 0.25) is 5.91 Å². The highest BCUT2D eigenvalue weighted by atomic mass is 16.5. The maximum absolute atomic E-state index is 12.9. The molecule has 1 aliphatic heterocycles. The van der Waals surface area contributed by atoms with Crippen molar-refractivity contribution >= 4 is 17.4 Å². The van der Waals surface area contributed by atoms with E-state index >= 15 is 0 Å². The molecule has 0 spiro atoms. The Morgan fingerprint density at radius 2 is 1.59 bits per heavy atom. The fourth-order valence-electron chi connectivity index (χ4n) is 3.95. The normalized spacial score (nSPS) is 13.6. The first-order chi connectivity index (χ1) is 16.4. The lowest BCUT2D eigenvalue weighted by atomic mass is 10.1. The summed E-state index contributed by atoms with van der Waals surface area (Å²) >= 11 is 0. The summed E-state index contributed by atoms with van der Waals surface area (Å²) in [7, 11) is 0. The lowest BCUT2D eigenvalue weighted by molar-refractivity contribution is -0.132. The summed E-state index contributed by atoms with van der Waals surface area (Å²) in [5, 5.41) is 4.42. The molecular weight excluding hydrogens is 432 g/mol. The van der Waals surface area contributed by atoms with Gasteiger partial charge >= 0.3 is 0 Å². The van der Waals surface area contributed by atoms with E-state index in [0.29, 0.717) is 44.0 Å². The van der Waals surface area contributed by atoms with Gasteiger partial charge in [0.25, 0.3) is 5.56 Å². The number of hydrogen-bond acceptors (Lipinski definition) is 6. The Bertz CT molecular complexity index is 1210. The van der Waals surface area contributed by atoms with Crippen LogP contribution in [0.15, 0.2) is 65.5 Å². The molecule has 0 atom stereocenters. The van der Waals surface area contributed by atoms with Crippen LogP contribution in [0, 0.1) is 0 Å². The van der Waals surface area contributed by atoms with Crippen LogP contribution in [0.1, 0.15) is 24.2 Å². The topological polar surface area (TPSA) is 84.7 Å².